The van der Waals surface area contributed by atoms with E-state index in [1.165, 1.54) is 4.90 Å². The third-order valence-electron chi connectivity index (χ3n) is 1.58. The lowest BCUT2D eigenvalue weighted by Crippen LogP contribution is -1.87. The van der Waals surface area contributed by atoms with Gasteiger partial charge < -0.3 is 5.11 Å². The molecule has 0 aliphatic heterocycles. The van der Waals surface area contributed by atoms with Gasteiger partial charge in [-0.05, 0) is 36.4 Å². The molecule has 59 valence electrons. The van der Waals surface area contributed by atoms with Crippen molar-refractivity contribution in [1.82, 2.24) is 0 Å². The number of benzene rings is 1. The van der Waals surface area contributed by atoms with E-state index in [9.17, 15) is 0 Å². The van der Waals surface area contributed by atoms with E-state index in [1.807, 2.05) is 24.5 Å². The first kappa shape index (κ1) is 8.62. The van der Waals surface area contributed by atoms with E-state index in [1.54, 1.807) is 11.8 Å². The van der Waals surface area contributed by atoms with Crippen molar-refractivity contribution in [2.45, 2.75) is 11.5 Å². The Morgan fingerprint density at radius 3 is 2.82 bits per heavy atom. The lowest BCUT2D eigenvalue weighted by molar-refractivity contribution is 0.281. The highest BCUT2D eigenvalue weighted by atomic mass is 32.2. The minimum absolute atomic E-state index is 0.0766. The van der Waals surface area contributed by atoms with Gasteiger partial charge >= 0.3 is 0 Å². The van der Waals surface area contributed by atoms with Crippen molar-refractivity contribution in [3.8, 4) is 0 Å². The molecule has 0 unspecified atom stereocenters. The summed E-state index contributed by atoms with van der Waals surface area (Å²) in [6.45, 7) is 3.87. The van der Waals surface area contributed by atoms with Crippen LogP contribution in [0.15, 0.2) is 23.1 Å². The topological polar surface area (TPSA) is 20.2 Å². The lowest BCUT2D eigenvalue weighted by atomic mass is 10.1. The number of hydrogen-bond donors (Lipinski definition) is 1. The molecule has 1 nitrogen and oxygen atoms in total. The van der Waals surface area contributed by atoms with Crippen LogP contribution < -0.4 is 0 Å². The summed E-state index contributed by atoms with van der Waals surface area (Å²) in [5, 5.41) is 8.89. The van der Waals surface area contributed by atoms with Crippen molar-refractivity contribution in [2.75, 3.05) is 6.26 Å². The lowest BCUT2D eigenvalue weighted by Gasteiger charge is -2.03. The molecule has 0 amide bonds. The Hall–Kier alpha value is -0.470. The molecule has 0 spiro atoms. The molecule has 1 rings (SSSR count). The third-order valence-corrected chi connectivity index (χ3v) is 2.31. The van der Waals surface area contributed by atoms with Crippen LogP contribution in [0.1, 0.15) is 11.1 Å². The average molecular weight is 167 g/mol. The van der Waals surface area contributed by atoms with Crippen LogP contribution in [-0.4, -0.2) is 11.4 Å². The average Bonchev–Trinajstić information content (AvgIpc) is 2.05. The Morgan fingerprint density at radius 2 is 2.27 bits per heavy atom. The van der Waals surface area contributed by atoms with Gasteiger partial charge in [-0.1, -0.05) is 6.07 Å². The summed E-state index contributed by atoms with van der Waals surface area (Å²) < 4.78 is 0. The quantitative estimate of drug-likeness (QED) is 0.680. The molecule has 0 heterocycles. The molecule has 0 aromatic heterocycles. The summed E-state index contributed by atoms with van der Waals surface area (Å²) in [5.74, 6) is 0. The van der Waals surface area contributed by atoms with Crippen molar-refractivity contribution in [3.05, 3.63) is 36.2 Å². The van der Waals surface area contributed by atoms with E-state index < -0.39 is 0 Å². The van der Waals surface area contributed by atoms with Crippen molar-refractivity contribution in [1.29, 1.82) is 0 Å². The zero-order valence-corrected chi connectivity index (χ0v) is 7.32. The monoisotopic (exact) mass is 167 g/mol. The number of aliphatic hydroxyl groups excluding tert-OH is 1. The molecule has 0 fully saturated rings. The molecule has 0 saturated carbocycles. The number of rotatable bonds is 2. The van der Waals surface area contributed by atoms with Gasteiger partial charge in [-0.25, -0.2) is 0 Å². The van der Waals surface area contributed by atoms with Crippen LogP contribution in [0.5, 0.6) is 0 Å². The van der Waals surface area contributed by atoms with Gasteiger partial charge in [0.15, 0.2) is 0 Å². The zero-order chi connectivity index (χ0) is 8.27. The molecular formula is C9H11OS. The maximum Gasteiger partial charge on any atom is 0.0684 e. The number of aliphatic hydroxyl groups is 1. The molecule has 11 heavy (non-hydrogen) atoms. The second-order valence-corrected chi connectivity index (χ2v) is 3.17. The summed E-state index contributed by atoms with van der Waals surface area (Å²) in [7, 11) is 0. The molecule has 1 aromatic rings. The van der Waals surface area contributed by atoms with Crippen molar-refractivity contribution >= 4 is 11.8 Å². The van der Waals surface area contributed by atoms with E-state index in [4.69, 9.17) is 5.11 Å². The molecule has 0 aliphatic rings. The van der Waals surface area contributed by atoms with Gasteiger partial charge in [0, 0.05) is 4.90 Å². The maximum absolute atomic E-state index is 8.89. The largest absolute Gasteiger partial charge is 0.392 e. The summed E-state index contributed by atoms with van der Waals surface area (Å²) in [5.41, 5.74) is 1.82. The molecule has 0 bridgehead atoms. The van der Waals surface area contributed by atoms with Crippen LogP contribution in [0.2, 0.25) is 0 Å². The fourth-order valence-electron chi connectivity index (χ4n) is 0.876. The van der Waals surface area contributed by atoms with Gasteiger partial charge in [-0.2, -0.15) is 0 Å². The minimum Gasteiger partial charge on any atom is -0.392 e. The summed E-state index contributed by atoms with van der Waals surface area (Å²) in [4.78, 5) is 1.17. The van der Waals surface area contributed by atoms with Crippen LogP contribution >= 0.6 is 11.8 Å². The van der Waals surface area contributed by atoms with Crippen LogP contribution in [0.25, 0.3) is 0 Å². The van der Waals surface area contributed by atoms with Crippen LogP contribution in [0.3, 0.4) is 0 Å². The first-order chi connectivity index (χ1) is 5.27. The summed E-state index contributed by atoms with van der Waals surface area (Å²) >= 11 is 1.67. The second-order valence-electron chi connectivity index (χ2n) is 2.29. The summed E-state index contributed by atoms with van der Waals surface area (Å²) in [6.07, 6.45) is 2.01. The highest BCUT2D eigenvalue weighted by Gasteiger charge is 1.97. The normalized spacial score (nSPS) is 10.1. The fourth-order valence-corrected chi connectivity index (χ4v) is 1.34. The second kappa shape index (κ2) is 3.79. The highest BCUT2D eigenvalue weighted by molar-refractivity contribution is 7.98. The molecule has 1 radical (unpaired) electrons. The van der Waals surface area contributed by atoms with Crippen molar-refractivity contribution in [2.24, 2.45) is 0 Å². The Bertz CT molecular complexity index is 245. The van der Waals surface area contributed by atoms with Crippen molar-refractivity contribution in [3.63, 3.8) is 0 Å². The van der Waals surface area contributed by atoms with Gasteiger partial charge in [0.25, 0.3) is 0 Å². The van der Waals surface area contributed by atoms with Gasteiger partial charge in [0.05, 0.1) is 6.61 Å². The van der Waals surface area contributed by atoms with Crippen LogP contribution in [-0.2, 0) is 6.61 Å². The zero-order valence-electron chi connectivity index (χ0n) is 6.50. The molecule has 0 saturated heterocycles. The van der Waals surface area contributed by atoms with Crippen LogP contribution in [0.4, 0.5) is 0 Å². The van der Waals surface area contributed by atoms with E-state index in [-0.39, 0.29) is 6.61 Å². The van der Waals surface area contributed by atoms with E-state index in [0.717, 1.165) is 11.1 Å². The maximum atomic E-state index is 8.89. The highest BCUT2D eigenvalue weighted by Crippen LogP contribution is 2.18. The first-order valence-corrected chi connectivity index (χ1v) is 4.60. The van der Waals surface area contributed by atoms with Crippen LogP contribution in [0, 0.1) is 6.92 Å². The Morgan fingerprint density at radius 1 is 1.55 bits per heavy atom. The van der Waals surface area contributed by atoms with Crippen molar-refractivity contribution < 1.29 is 5.11 Å². The van der Waals surface area contributed by atoms with E-state index in [2.05, 4.69) is 6.92 Å². The minimum atomic E-state index is 0.0766. The molecule has 1 aromatic carbocycles. The molecule has 2 heteroatoms. The predicted molar refractivity (Wildman–Crippen MR) is 48.6 cm³/mol. The van der Waals surface area contributed by atoms with Gasteiger partial charge in [-0.15, -0.1) is 11.8 Å². The van der Waals surface area contributed by atoms with Gasteiger partial charge in [0.2, 0.25) is 0 Å². The Balaban J connectivity index is 3.02. The summed E-state index contributed by atoms with van der Waals surface area (Å²) in [6, 6.07) is 5.90. The van der Waals surface area contributed by atoms with E-state index >= 15 is 0 Å². The molecule has 0 aliphatic carbocycles. The number of hydrogen-bond acceptors (Lipinski definition) is 2. The fraction of sp³-hybridized carbons (Fsp3) is 0.222. The number of thioether (sulfide) groups is 1. The SMILES string of the molecule is [CH2]c1ccc(SC)cc1CO. The Kier molecular flexibility index (Phi) is 2.97. The first-order valence-electron chi connectivity index (χ1n) is 3.37. The van der Waals surface area contributed by atoms with Gasteiger partial charge in [-0.3, -0.25) is 0 Å². The predicted octanol–water partition coefficient (Wildman–Crippen LogP) is 2.08. The van der Waals surface area contributed by atoms with E-state index in [0.29, 0.717) is 0 Å². The molecule has 0 atom stereocenters. The van der Waals surface area contributed by atoms with Gasteiger partial charge in [0.1, 0.15) is 0 Å². The smallest absolute Gasteiger partial charge is 0.0684 e. The molecule has 1 N–H and O–H groups in total. The standard InChI is InChI=1S/C9H11OS/c1-7-3-4-9(11-2)5-8(7)6-10/h3-5,10H,1,6H2,2H3. The Labute approximate surface area is 71.4 Å². The molecular weight excluding hydrogens is 156 g/mol. The third kappa shape index (κ3) is 1.98.